The van der Waals surface area contributed by atoms with E-state index in [1.54, 1.807) is 0 Å². The number of benzene rings is 1. The quantitative estimate of drug-likeness (QED) is 0.471. The van der Waals surface area contributed by atoms with Gasteiger partial charge in [-0.2, -0.15) is 0 Å². The van der Waals surface area contributed by atoms with Crippen molar-refractivity contribution in [3.8, 4) is 12.3 Å². The second-order valence-corrected chi connectivity index (χ2v) is 2.60. The highest BCUT2D eigenvalue weighted by Crippen LogP contribution is 2.12. The summed E-state index contributed by atoms with van der Waals surface area (Å²) in [4.78, 5) is 0. The van der Waals surface area contributed by atoms with Gasteiger partial charge in [0.2, 0.25) is 0 Å². The van der Waals surface area contributed by atoms with Gasteiger partial charge in [0, 0.05) is 5.57 Å². The topological polar surface area (TPSA) is 0 Å². The third-order valence-corrected chi connectivity index (χ3v) is 1.67. The van der Waals surface area contributed by atoms with Crippen LogP contribution >= 0.6 is 0 Å². The molecule has 0 aliphatic heterocycles. The summed E-state index contributed by atoms with van der Waals surface area (Å²) in [5, 5.41) is 0. The molecule has 0 bridgehead atoms. The number of rotatable bonds is 2. The van der Waals surface area contributed by atoms with Crippen molar-refractivity contribution >= 4 is 5.57 Å². The normalized spacial score (nSPS) is 12.1. The van der Waals surface area contributed by atoms with Crippen molar-refractivity contribution < 1.29 is 1.37 Å². The molecule has 13 heavy (non-hydrogen) atoms. The Morgan fingerprint density at radius 1 is 1.46 bits per heavy atom. The largest absolute Gasteiger partial charge is 0.124 e. The van der Waals surface area contributed by atoms with Gasteiger partial charge < -0.3 is 0 Å². The van der Waals surface area contributed by atoms with Crippen molar-refractivity contribution in [3.05, 3.63) is 54.1 Å². The lowest BCUT2D eigenvalue weighted by molar-refractivity contribution is 1.63. The first-order valence-corrected chi connectivity index (χ1v) is 4.19. The molecule has 0 unspecified atom stereocenters. The van der Waals surface area contributed by atoms with Gasteiger partial charge in [-0.1, -0.05) is 48.4 Å². The second-order valence-electron chi connectivity index (χ2n) is 2.60. The summed E-state index contributed by atoms with van der Waals surface area (Å²) in [6, 6.07) is 9.86. The van der Waals surface area contributed by atoms with Crippen molar-refractivity contribution in [2.45, 2.75) is 6.92 Å². The Labute approximate surface area is 81.0 Å². The van der Waals surface area contributed by atoms with E-state index in [0.29, 0.717) is 0 Å². The fourth-order valence-electron chi connectivity index (χ4n) is 1.02. The van der Waals surface area contributed by atoms with Crippen LogP contribution in [0.15, 0.2) is 48.6 Å². The van der Waals surface area contributed by atoms with E-state index >= 15 is 0 Å². The van der Waals surface area contributed by atoms with E-state index in [0.717, 1.165) is 11.1 Å². The second kappa shape index (κ2) is 5.00. The van der Waals surface area contributed by atoms with Crippen LogP contribution in [0.4, 0.5) is 0 Å². The van der Waals surface area contributed by atoms with E-state index < -0.39 is 0 Å². The van der Waals surface area contributed by atoms with Crippen LogP contribution < -0.4 is 0 Å². The molecule has 0 aliphatic rings. The molecule has 0 nitrogen and oxygen atoms in total. The molecule has 0 radical (unpaired) electrons. The fourth-order valence-corrected chi connectivity index (χ4v) is 1.02. The first-order valence-electron chi connectivity index (χ1n) is 4.69. The minimum absolute atomic E-state index is 0.874. The Bertz CT molecular complexity index is 388. The van der Waals surface area contributed by atoms with Gasteiger partial charge in [-0.15, -0.1) is 6.40 Å². The first kappa shape index (κ1) is 7.89. The van der Waals surface area contributed by atoms with Gasteiger partial charge in [0.05, 0.1) is 0 Å². The summed E-state index contributed by atoms with van der Waals surface area (Å²) in [5.41, 5.74) is 1.92. The van der Waals surface area contributed by atoms with Crippen molar-refractivity contribution in [2.24, 2.45) is 0 Å². The molecular formula is C13H12. The summed E-state index contributed by atoms with van der Waals surface area (Å²) in [6.07, 6.45) is 7.95. The Kier molecular flexibility index (Phi) is 3.04. The van der Waals surface area contributed by atoms with Gasteiger partial charge in [-0.05, 0) is 18.6 Å². The van der Waals surface area contributed by atoms with Gasteiger partial charge in [-0.25, -0.2) is 0 Å². The van der Waals surface area contributed by atoms with Crippen LogP contribution in [0.1, 0.15) is 13.9 Å². The van der Waals surface area contributed by atoms with Crippen molar-refractivity contribution in [3.63, 3.8) is 0 Å². The molecule has 0 aliphatic carbocycles. The average molecular weight is 169 g/mol. The molecule has 1 rings (SSSR count). The zero-order valence-corrected chi connectivity index (χ0v) is 7.62. The summed E-state index contributed by atoms with van der Waals surface area (Å²) >= 11 is 0. The van der Waals surface area contributed by atoms with Crippen molar-refractivity contribution in [2.75, 3.05) is 0 Å². The highest BCUT2D eigenvalue weighted by Gasteiger charge is 1.93. The minimum Gasteiger partial charge on any atom is -0.115 e. The summed E-state index contributed by atoms with van der Waals surface area (Å²) in [5.74, 6) is 2.76. The number of terminal acetylenes is 1. The third-order valence-electron chi connectivity index (χ3n) is 1.67. The lowest BCUT2D eigenvalue weighted by Crippen LogP contribution is -1.78. The fraction of sp³-hybridized carbons (Fsp3) is 0.0769. The van der Waals surface area contributed by atoms with E-state index in [2.05, 4.69) is 12.3 Å². The third kappa shape index (κ3) is 2.65. The SMILES string of the molecule is [2H]C#C/C(=C\C=CC)c1ccccc1. The maximum Gasteiger partial charge on any atom is 0.124 e. The predicted octanol–water partition coefficient (Wildman–Crippen LogP) is 3.28. The number of hydrogen-bond acceptors (Lipinski definition) is 0. The van der Waals surface area contributed by atoms with E-state index in [1.807, 2.05) is 55.5 Å². The standard InChI is InChI=1S/C13H12/c1-3-5-9-12(4-2)13-10-7-6-8-11-13/h2-3,5-11H,1H3/b5-3?,12-9+/i2D. The minimum atomic E-state index is 0.874. The van der Waals surface area contributed by atoms with Crippen LogP contribution in [-0.2, 0) is 0 Å². The van der Waals surface area contributed by atoms with Crippen LogP contribution in [0.2, 0.25) is 0 Å². The highest BCUT2D eigenvalue weighted by molar-refractivity contribution is 5.79. The highest BCUT2D eigenvalue weighted by atomic mass is 14.0. The lowest BCUT2D eigenvalue weighted by atomic mass is 10.1. The van der Waals surface area contributed by atoms with Crippen LogP contribution in [0.25, 0.3) is 5.57 Å². The Morgan fingerprint density at radius 2 is 2.23 bits per heavy atom. The van der Waals surface area contributed by atoms with Crippen molar-refractivity contribution in [1.29, 1.82) is 0 Å². The molecule has 0 spiro atoms. The van der Waals surface area contributed by atoms with Crippen LogP contribution in [0, 0.1) is 12.3 Å². The van der Waals surface area contributed by atoms with E-state index in [4.69, 9.17) is 1.37 Å². The monoisotopic (exact) mass is 169 g/mol. The molecule has 0 heteroatoms. The van der Waals surface area contributed by atoms with E-state index in [9.17, 15) is 0 Å². The van der Waals surface area contributed by atoms with Crippen LogP contribution in [-0.4, -0.2) is 0 Å². The van der Waals surface area contributed by atoms with Crippen LogP contribution in [0.3, 0.4) is 0 Å². The van der Waals surface area contributed by atoms with E-state index in [1.165, 1.54) is 0 Å². The molecule has 0 heterocycles. The molecule has 0 fully saturated rings. The Balaban J connectivity index is 3.05. The average Bonchev–Trinajstić information content (AvgIpc) is 2.25. The molecule has 0 saturated carbocycles. The molecule has 1 aromatic rings. The maximum atomic E-state index is 6.89. The van der Waals surface area contributed by atoms with Crippen molar-refractivity contribution in [1.82, 2.24) is 0 Å². The van der Waals surface area contributed by atoms with Gasteiger partial charge in [0.15, 0.2) is 0 Å². The molecule has 0 atom stereocenters. The summed E-state index contributed by atoms with van der Waals surface area (Å²) < 4.78 is 6.89. The molecule has 0 saturated heterocycles. The molecule has 64 valence electrons. The van der Waals surface area contributed by atoms with Gasteiger partial charge in [-0.3, -0.25) is 0 Å². The molecule has 0 aromatic heterocycles. The van der Waals surface area contributed by atoms with Gasteiger partial charge >= 0.3 is 0 Å². The lowest BCUT2D eigenvalue weighted by Gasteiger charge is -1.97. The van der Waals surface area contributed by atoms with Gasteiger partial charge in [0.1, 0.15) is 1.37 Å². The molecule has 0 amide bonds. The zero-order valence-electron chi connectivity index (χ0n) is 8.62. The molecule has 1 aromatic carbocycles. The summed E-state index contributed by atoms with van der Waals surface area (Å²) in [7, 11) is 0. The van der Waals surface area contributed by atoms with Gasteiger partial charge in [0.25, 0.3) is 0 Å². The summed E-state index contributed by atoms with van der Waals surface area (Å²) in [6.45, 7) is 1.95. The number of allylic oxidation sites excluding steroid dienone is 4. The first-order chi connectivity index (χ1) is 6.88. The van der Waals surface area contributed by atoms with E-state index in [-0.39, 0.29) is 0 Å². The maximum absolute atomic E-state index is 6.89. The van der Waals surface area contributed by atoms with Crippen LogP contribution in [0.5, 0.6) is 0 Å². The zero-order chi connectivity index (χ0) is 10.2. The predicted molar refractivity (Wildman–Crippen MR) is 58.1 cm³/mol. The molecule has 0 N–H and O–H groups in total. The molecular weight excluding hydrogens is 156 g/mol. The number of hydrogen-bond donors (Lipinski definition) is 0. The Morgan fingerprint density at radius 3 is 2.85 bits per heavy atom. The smallest absolute Gasteiger partial charge is 0.115 e. The Hall–Kier alpha value is -1.74.